The van der Waals surface area contributed by atoms with Crippen molar-refractivity contribution >= 4 is 82.0 Å². The molecule has 0 bridgehead atoms. The van der Waals surface area contributed by atoms with Crippen LogP contribution in [0.4, 0.5) is 22.7 Å². The number of carbonyl (C=O) groups is 7. The van der Waals surface area contributed by atoms with E-state index in [1.807, 2.05) is 72.5 Å². The van der Waals surface area contributed by atoms with Gasteiger partial charge in [0.05, 0.1) is 49.7 Å². The zero-order valence-corrected chi connectivity index (χ0v) is 43.4. The molecule has 10 rings (SSSR count). The monoisotopic (exact) mass is 1050 g/mol. The van der Waals surface area contributed by atoms with Gasteiger partial charge in [0.25, 0.3) is 23.6 Å². The third-order valence-corrected chi connectivity index (χ3v) is 15.3. The summed E-state index contributed by atoms with van der Waals surface area (Å²) in [4.78, 5) is 107. The molecule has 5 aliphatic heterocycles. The van der Waals surface area contributed by atoms with Gasteiger partial charge in [-0.25, -0.2) is 4.79 Å². The summed E-state index contributed by atoms with van der Waals surface area (Å²) in [6.07, 6.45) is 5.20. The van der Waals surface area contributed by atoms with E-state index >= 15 is 0 Å². The van der Waals surface area contributed by atoms with Gasteiger partial charge in [-0.05, 0) is 120 Å². The average molecular weight is 1050 g/mol. The van der Waals surface area contributed by atoms with Gasteiger partial charge < -0.3 is 33.6 Å². The van der Waals surface area contributed by atoms with Crippen LogP contribution in [0.1, 0.15) is 92.6 Å². The number of aryl methyl sites for hydroxylation is 2. The predicted molar refractivity (Wildman–Crippen MR) is 285 cm³/mol. The number of ether oxygens (including phenoxy) is 4. The summed E-state index contributed by atoms with van der Waals surface area (Å²) in [5.41, 5.74) is 8.93. The minimum atomic E-state index is -0.742. The summed E-state index contributed by atoms with van der Waals surface area (Å²) in [6.45, 7) is 1.81. The lowest BCUT2D eigenvalue weighted by atomic mass is 9.98. The van der Waals surface area contributed by atoms with Gasteiger partial charge in [-0.1, -0.05) is 36.4 Å². The number of Topliss-reactive ketones (excluding diaryl/α,β-unsaturated/α-hetero) is 1. The summed E-state index contributed by atoms with van der Waals surface area (Å²) in [7, 11) is 2.99. The third kappa shape index (κ3) is 10.8. The van der Waals surface area contributed by atoms with Crippen molar-refractivity contribution in [3.63, 3.8) is 0 Å². The van der Waals surface area contributed by atoms with E-state index in [1.54, 1.807) is 35.4 Å². The molecule has 1 saturated heterocycles. The molecular formula is C58H57N5O12S. The number of para-hydroxylation sites is 2. The quantitative estimate of drug-likeness (QED) is 0.0538. The van der Waals surface area contributed by atoms with Crippen molar-refractivity contribution in [2.75, 3.05) is 53.6 Å². The van der Waals surface area contributed by atoms with E-state index in [0.717, 1.165) is 40.9 Å². The zero-order valence-electron chi connectivity index (χ0n) is 42.5. The normalized spacial score (nSPS) is 17.0. The smallest absolute Gasteiger partial charge is 0.342 e. The van der Waals surface area contributed by atoms with Gasteiger partial charge in [0.1, 0.15) is 19.0 Å². The second-order valence-electron chi connectivity index (χ2n) is 19.4. The standard InChI is InChI=1S/C58H57N5O12S/c1-35-21-45-38(14-15-41-25-39-9-4-6-12-48(39)61(41)57(45)69)27-50(35)73-32-36-22-37(33-74-52-29-47-46(28-51(52)72-3)58(70)62-43(30-59-47)26-40-10-5-7-13-49(40)62)24-42(23-36)60(53(65)18-19-71-2)31-44(64)11-8-20-76-34-56(68)75-63-54(66)16-17-55(63)67/h4-7,9-10,12-13,21-24,27-30,41,43H,8,11,14-20,25-26,31-34H2,1-3H3/t41-,43+/m1/s1. The van der Waals surface area contributed by atoms with Crippen molar-refractivity contribution < 1.29 is 57.3 Å². The highest BCUT2D eigenvalue weighted by Gasteiger charge is 2.39. The van der Waals surface area contributed by atoms with Crippen LogP contribution in [0.3, 0.4) is 0 Å². The van der Waals surface area contributed by atoms with E-state index in [0.29, 0.717) is 81.0 Å². The largest absolute Gasteiger partial charge is 0.493 e. The fraction of sp³-hybridized carbons (Fsp3) is 0.345. The van der Waals surface area contributed by atoms with E-state index in [2.05, 4.69) is 6.07 Å². The molecule has 392 valence electrons. The highest BCUT2D eigenvalue weighted by Crippen LogP contribution is 2.42. The number of ketones is 1. The first-order valence-corrected chi connectivity index (χ1v) is 26.6. The molecule has 17 nitrogen and oxygen atoms in total. The number of imide groups is 1. The van der Waals surface area contributed by atoms with Gasteiger partial charge in [0, 0.05) is 73.7 Å². The molecule has 5 amide bonds. The number of carbonyl (C=O) groups excluding carboxylic acids is 7. The summed E-state index contributed by atoms with van der Waals surface area (Å²) in [5, 5.41) is 0.507. The first kappa shape index (κ1) is 51.6. The molecule has 0 unspecified atom stereocenters. The van der Waals surface area contributed by atoms with Crippen molar-refractivity contribution in [1.82, 2.24) is 5.06 Å². The summed E-state index contributed by atoms with van der Waals surface area (Å²) >= 11 is 1.20. The van der Waals surface area contributed by atoms with Crippen LogP contribution in [-0.2, 0) is 66.0 Å². The van der Waals surface area contributed by atoms with Crippen molar-refractivity contribution in [3.05, 3.63) is 136 Å². The molecule has 18 heteroatoms. The van der Waals surface area contributed by atoms with Crippen molar-refractivity contribution in [1.29, 1.82) is 0 Å². The van der Waals surface area contributed by atoms with E-state index in [-0.39, 0.29) is 93.4 Å². The maximum Gasteiger partial charge on any atom is 0.342 e. The van der Waals surface area contributed by atoms with Crippen LogP contribution < -0.4 is 28.9 Å². The van der Waals surface area contributed by atoms with E-state index in [4.69, 9.17) is 28.8 Å². The number of hydrogen-bond acceptors (Lipinski definition) is 14. The maximum absolute atomic E-state index is 14.2. The zero-order chi connectivity index (χ0) is 53.0. The Morgan fingerprint density at radius 1 is 0.724 bits per heavy atom. The SMILES string of the molecule is COCCC(=O)N(CC(=O)CCCSCC(=O)ON1C(=O)CCC1=O)c1cc(COc2cc3c(cc2C)C(=O)N2c4ccccc4C[C@H]2CC3)cc(COc2cc3c(cc2OC)C(=O)N2c4ccccc4C[C@H]2C=N3)c1. The van der Waals surface area contributed by atoms with Gasteiger partial charge >= 0.3 is 5.97 Å². The van der Waals surface area contributed by atoms with E-state index in [9.17, 15) is 33.6 Å². The Morgan fingerprint density at radius 2 is 1.41 bits per heavy atom. The Balaban J connectivity index is 0.894. The maximum atomic E-state index is 14.2. The van der Waals surface area contributed by atoms with Gasteiger partial charge in [-0.2, -0.15) is 11.8 Å². The topological polar surface area (TPSA) is 191 Å². The number of methoxy groups -OCH3 is 2. The van der Waals surface area contributed by atoms with Gasteiger partial charge in [-0.3, -0.25) is 38.7 Å². The Morgan fingerprint density at radius 3 is 2.13 bits per heavy atom. The van der Waals surface area contributed by atoms with Gasteiger partial charge in [0.2, 0.25) is 5.91 Å². The summed E-state index contributed by atoms with van der Waals surface area (Å²) in [5.74, 6) is -1.12. The average Bonchev–Trinajstić information content (AvgIpc) is 4.04. The minimum absolute atomic E-state index is 0.00494. The van der Waals surface area contributed by atoms with Gasteiger partial charge in [-0.15, -0.1) is 5.06 Å². The molecular weight excluding hydrogens is 991 g/mol. The number of fused-ring (bicyclic) bond motifs is 8. The first-order valence-electron chi connectivity index (χ1n) is 25.4. The molecule has 0 N–H and O–H groups in total. The van der Waals surface area contributed by atoms with Crippen molar-refractivity contribution in [2.45, 2.75) is 90.0 Å². The molecule has 5 aromatic rings. The van der Waals surface area contributed by atoms with Crippen LogP contribution in [0, 0.1) is 6.92 Å². The van der Waals surface area contributed by atoms with Crippen molar-refractivity contribution in [2.24, 2.45) is 4.99 Å². The molecule has 5 aliphatic rings. The third-order valence-electron chi connectivity index (χ3n) is 14.3. The summed E-state index contributed by atoms with van der Waals surface area (Å²) in [6, 6.07) is 28.4. The molecule has 1 fully saturated rings. The van der Waals surface area contributed by atoms with Crippen LogP contribution in [0.5, 0.6) is 17.2 Å². The number of amides is 5. The second-order valence-corrected chi connectivity index (χ2v) is 20.5. The first-order chi connectivity index (χ1) is 36.9. The van der Waals surface area contributed by atoms with Crippen LogP contribution >= 0.6 is 11.8 Å². The van der Waals surface area contributed by atoms with Crippen LogP contribution in [0.25, 0.3) is 0 Å². The Kier molecular flexibility index (Phi) is 15.3. The predicted octanol–water partition coefficient (Wildman–Crippen LogP) is 8.03. The molecule has 2 atom stereocenters. The molecule has 5 aromatic carbocycles. The molecule has 0 spiro atoms. The number of anilines is 3. The lowest BCUT2D eigenvalue weighted by molar-refractivity contribution is -0.195. The highest BCUT2D eigenvalue weighted by molar-refractivity contribution is 7.99. The molecule has 0 aromatic heterocycles. The highest BCUT2D eigenvalue weighted by atomic mass is 32.2. The second kappa shape index (κ2) is 22.6. The van der Waals surface area contributed by atoms with Crippen LogP contribution in [0.15, 0.2) is 96.0 Å². The number of nitrogens with zero attached hydrogens (tertiary/aromatic N) is 5. The fourth-order valence-electron chi connectivity index (χ4n) is 10.5. The molecule has 5 heterocycles. The number of benzene rings is 5. The number of hydroxylamine groups is 2. The molecule has 0 radical (unpaired) electrons. The van der Waals surface area contributed by atoms with E-state index < -0.39 is 17.8 Å². The van der Waals surface area contributed by atoms with Crippen molar-refractivity contribution in [3.8, 4) is 17.2 Å². The number of rotatable bonds is 20. The lowest BCUT2D eigenvalue weighted by Gasteiger charge is -2.24. The number of aliphatic imine (C=N–C) groups is 1. The molecule has 76 heavy (non-hydrogen) atoms. The minimum Gasteiger partial charge on any atom is -0.493 e. The fourth-order valence-corrected chi connectivity index (χ4v) is 11.2. The Labute approximate surface area is 444 Å². The van der Waals surface area contributed by atoms with Crippen LogP contribution in [0.2, 0.25) is 0 Å². The van der Waals surface area contributed by atoms with E-state index in [1.165, 1.54) is 36.4 Å². The molecule has 0 aliphatic carbocycles. The van der Waals surface area contributed by atoms with Gasteiger partial charge in [0.15, 0.2) is 17.3 Å². The number of thioether (sulfide) groups is 1. The summed E-state index contributed by atoms with van der Waals surface area (Å²) < 4.78 is 24.2. The molecule has 0 saturated carbocycles. The lowest BCUT2D eigenvalue weighted by Crippen LogP contribution is -2.37. The number of hydrogen-bond donors (Lipinski definition) is 0. The van der Waals surface area contributed by atoms with Crippen LogP contribution in [-0.4, -0.2) is 104 Å². The Bertz CT molecular complexity index is 3180. The Hall–Kier alpha value is -7.83.